The summed E-state index contributed by atoms with van der Waals surface area (Å²) < 4.78 is 0. The van der Waals surface area contributed by atoms with E-state index in [9.17, 15) is 4.79 Å². The topological polar surface area (TPSA) is 20.3 Å². The van der Waals surface area contributed by atoms with Crippen molar-refractivity contribution < 1.29 is 4.79 Å². The number of terminal acetylenes is 1. The zero-order valence-electron chi connectivity index (χ0n) is 9.23. The van der Waals surface area contributed by atoms with Crippen LogP contribution < -0.4 is 0 Å². The van der Waals surface area contributed by atoms with Crippen molar-refractivity contribution in [2.75, 3.05) is 13.1 Å². The number of hydrogen-bond donors (Lipinski definition) is 0. The number of benzene rings is 1. The number of carbonyl (C=O) groups excluding carboxylic acids is 1. The van der Waals surface area contributed by atoms with E-state index in [1.807, 2.05) is 35.2 Å². The second-order valence-electron chi connectivity index (χ2n) is 4.12. The normalized spacial score (nSPS) is 20.2. The van der Waals surface area contributed by atoms with Gasteiger partial charge in [0.2, 0.25) is 0 Å². The number of nitrogens with zero attached hydrogens (tertiary/aromatic N) is 1. The molecule has 1 amide bonds. The minimum atomic E-state index is 0.0977. The standard InChI is InChI=1S/C14H15NO/c1-2-12-7-6-10-15(11-12)14(16)13-8-4-3-5-9-13/h1,3-5,8-9,12H,6-7,10-11H2. The van der Waals surface area contributed by atoms with Crippen LogP contribution in [-0.2, 0) is 0 Å². The van der Waals surface area contributed by atoms with Gasteiger partial charge in [-0.15, -0.1) is 12.3 Å². The molecular weight excluding hydrogens is 198 g/mol. The third kappa shape index (κ3) is 2.25. The van der Waals surface area contributed by atoms with Crippen molar-refractivity contribution in [1.29, 1.82) is 0 Å². The summed E-state index contributed by atoms with van der Waals surface area (Å²) in [7, 11) is 0. The Morgan fingerprint density at radius 2 is 2.12 bits per heavy atom. The quantitative estimate of drug-likeness (QED) is 0.655. The van der Waals surface area contributed by atoms with Gasteiger partial charge in [0.15, 0.2) is 0 Å². The number of piperidine rings is 1. The monoisotopic (exact) mass is 213 g/mol. The van der Waals surface area contributed by atoms with Gasteiger partial charge in [0.1, 0.15) is 0 Å². The summed E-state index contributed by atoms with van der Waals surface area (Å²) in [5, 5.41) is 0. The largest absolute Gasteiger partial charge is 0.337 e. The summed E-state index contributed by atoms with van der Waals surface area (Å²) in [5.74, 6) is 3.07. The smallest absolute Gasteiger partial charge is 0.253 e. The molecule has 0 aliphatic carbocycles. The van der Waals surface area contributed by atoms with E-state index < -0.39 is 0 Å². The maximum absolute atomic E-state index is 12.1. The molecule has 16 heavy (non-hydrogen) atoms. The first-order valence-corrected chi connectivity index (χ1v) is 5.61. The van der Waals surface area contributed by atoms with E-state index in [1.54, 1.807) is 0 Å². The van der Waals surface area contributed by atoms with Crippen molar-refractivity contribution in [1.82, 2.24) is 4.90 Å². The molecule has 0 radical (unpaired) electrons. The summed E-state index contributed by atoms with van der Waals surface area (Å²) in [4.78, 5) is 14.0. The molecule has 0 spiro atoms. The number of amides is 1. The first-order valence-electron chi connectivity index (χ1n) is 5.61. The van der Waals surface area contributed by atoms with E-state index in [4.69, 9.17) is 6.42 Å². The fourth-order valence-electron chi connectivity index (χ4n) is 2.06. The molecule has 0 bridgehead atoms. The van der Waals surface area contributed by atoms with Crippen LogP contribution in [0.3, 0.4) is 0 Å². The highest BCUT2D eigenvalue weighted by atomic mass is 16.2. The van der Waals surface area contributed by atoms with E-state index in [-0.39, 0.29) is 11.8 Å². The van der Waals surface area contributed by atoms with Gasteiger partial charge >= 0.3 is 0 Å². The fraction of sp³-hybridized carbons (Fsp3) is 0.357. The Balaban J connectivity index is 2.08. The molecule has 1 aromatic rings. The van der Waals surface area contributed by atoms with Crippen LogP contribution in [-0.4, -0.2) is 23.9 Å². The summed E-state index contributed by atoms with van der Waals surface area (Å²) >= 11 is 0. The van der Waals surface area contributed by atoms with E-state index in [0.717, 1.165) is 24.9 Å². The summed E-state index contributed by atoms with van der Waals surface area (Å²) in [6.45, 7) is 1.52. The highest BCUT2D eigenvalue weighted by Crippen LogP contribution is 2.17. The Kier molecular flexibility index (Phi) is 3.26. The zero-order chi connectivity index (χ0) is 11.4. The van der Waals surface area contributed by atoms with Gasteiger partial charge in [-0.05, 0) is 25.0 Å². The van der Waals surface area contributed by atoms with Crippen molar-refractivity contribution in [3.05, 3.63) is 35.9 Å². The third-order valence-electron chi connectivity index (χ3n) is 2.97. The van der Waals surface area contributed by atoms with Crippen molar-refractivity contribution in [2.45, 2.75) is 12.8 Å². The van der Waals surface area contributed by atoms with Gasteiger partial charge in [-0.25, -0.2) is 0 Å². The number of carbonyl (C=O) groups is 1. The Bertz CT molecular complexity index is 404. The lowest BCUT2D eigenvalue weighted by Gasteiger charge is -2.30. The van der Waals surface area contributed by atoms with Crippen LogP contribution in [0.25, 0.3) is 0 Å². The Hall–Kier alpha value is -1.75. The highest BCUT2D eigenvalue weighted by Gasteiger charge is 2.22. The predicted molar refractivity (Wildman–Crippen MR) is 63.9 cm³/mol. The highest BCUT2D eigenvalue weighted by molar-refractivity contribution is 5.94. The van der Waals surface area contributed by atoms with Gasteiger partial charge in [0.05, 0.1) is 0 Å². The molecule has 1 unspecified atom stereocenters. The van der Waals surface area contributed by atoms with Gasteiger partial charge < -0.3 is 4.90 Å². The lowest BCUT2D eigenvalue weighted by Crippen LogP contribution is -2.39. The van der Waals surface area contributed by atoms with Crippen LogP contribution in [0.5, 0.6) is 0 Å². The lowest BCUT2D eigenvalue weighted by atomic mass is 9.98. The number of hydrogen-bond acceptors (Lipinski definition) is 1. The summed E-state index contributed by atoms with van der Waals surface area (Å²) in [5.41, 5.74) is 0.750. The molecule has 1 aromatic carbocycles. The van der Waals surface area contributed by atoms with Crippen molar-refractivity contribution in [3.8, 4) is 12.3 Å². The lowest BCUT2D eigenvalue weighted by molar-refractivity contribution is 0.0699. The van der Waals surface area contributed by atoms with Crippen LogP contribution in [0.15, 0.2) is 30.3 Å². The van der Waals surface area contributed by atoms with Crippen LogP contribution in [0.4, 0.5) is 0 Å². The summed E-state index contributed by atoms with van der Waals surface area (Å²) in [6.07, 6.45) is 7.46. The van der Waals surface area contributed by atoms with Gasteiger partial charge in [-0.3, -0.25) is 4.79 Å². The van der Waals surface area contributed by atoms with Gasteiger partial charge in [0.25, 0.3) is 5.91 Å². The number of rotatable bonds is 1. The number of likely N-dealkylation sites (tertiary alicyclic amines) is 1. The van der Waals surface area contributed by atoms with E-state index in [0.29, 0.717) is 6.54 Å². The van der Waals surface area contributed by atoms with E-state index in [2.05, 4.69) is 5.92 Å². The predicted octanol–water partition coefficient (Wildman–Crippen LogP) is 2.17. The second-order valence-corrected chi connectivity index (χ2v) is 4.12. The molecule has 0 aromatic heterocycles. The van der Waals surface area contributed by atoms with Gasteiger partial charge in [0, 0.05) is 24.6 Å². The zero-order valence-corrected chi connectivity index (χ0v) is 9.23. The minimum absolute atomic E-state index is 0.0977. The van der Waals surface area contributed by atoms with Crippen molar-refractivity contribution in [2.24, 2.45) is 5.92 Å². The molecule has 1 aliphatic heterocycles. The Morgan fingerprint density at radius 1 is 1.38 bits per heavy atom. The van der Waals surface area contributed by atoms with Crippen molar-refractivity contribution >= 4 is 5.91 Å². The maximum Gasteiger partial charge on any atom is 0.253 e. The molecule has 2 rings (SSSR count). The minimum Gasteiger partial charge on any atom is -0.337 e. The average molecular weight is 213 g/mol. The Morgan fingerprint density at radius 3 is 2.81 bits per heavy atom. The van der Waals surface area contributed by atoms with Crippen LogP contribution in [0.1, 0.15) is 23.2 Å². The molecule has 2 heteroatoms. The SMILES string of the molecule is C#CC1CCCN(C(=O)c2ccccc2)C1. The molecule has 1 heterocycles. The fourth-order valence-corrected chi connectivity index (χ4v) is 2.06. The molecule has 1 aliphatic rings. The molecule has 1 atom stereocenters. The second kappa shape index (κ2) is 4.85. The first-order chi connectivity index (χ1) is 7.81. The summed E-state index contributed by atoms with van der Waals surface area (Å²) in [6, 6.07) is 9.38. The molecule has 0 saturated carbocycles. The average Bonchev–Trinajstić information content (AvgIpc) is 2.39. The Labute approximate surface area is 96.3 Å². The molecule has 2 nitrogen and oxygen atoms in total. The van der Waals surface area contributed by atoms with E-state index in [1.165, 1.54) is 0 Å². The van der Waals surface area contributed by atoms with E-state index >= 15 is 0 Å². The van der Waals surface area contributed by atoms with Crippen LogP contribution in [0, 0.1) is 18.3 Å². The van der Waals surface area contributed by atoms with Crippen LogP contribution in [0.2, 0.25) is 0 Å². The van der Waals surface area contributed by atoms with Crippen molar-refractivity contribution in [3.63, 3.8) is 0 Å². The molecular formula is C14H15NO. The van der Waals surface area contributed by atoms with Gasteiger partial charge in [-0.1, -0.05) is 18.2 Å². The molecule has 1 fully saturated rings. The first kappa shape index (κ1) is 10.8. The maximum atomic E-state index is 12.1. The molecule has 82 valence electrons. The van der Waals surface area contributed by atoms with Crippen LogP contribution >= 0.6 is 0 Å². The van der Waals surface area contributed by atoms with Gasteiger partial charge in [-0.2, -0.15) is 0 Å². The molecule has 1 saturated heterocycles. The third-order valence-corrected chi connectivity index (χ3v) is 2.97. The molecule has 0 N–H and O–H groups in total.